The minimum absolute atomic E-state index is 0. The standard InChI is InChI=1S/C6H13Si.BrH.Mg/c1-5-7(3,4)6-2;;/h5H,1-2,6H2,3-4H3;1H;/q-1;;+2/p-1. The molecule has 0 atom stereocenters. The molecule has 0 aromatic rings. The summed E-state index contributed by atoms with van der Waals surface area (Å²) >= 11 is 0. The van der Waals surface area contributed by atoms with Gasteiger partial charge in [0.2, 0.25) is 0 Å². The van der Waals surface area contributed by atoms with Gasteiger partial charge in [0.05, 0.1) is 0 Å². The van der Waals surface area contributed by atoms with Gasteiger partial charge in [0, 0.05) is 8.07 Å². The van der Waals surface area contributed by atoms with Gasteiger partial charge in [0.15, 0.2) is 0 Å². The molecule has 0 spiro atoms. The Bertz CT molecular complexity index is 73.5. The third kappa shape index (κ3) is 9.20. The van der Waals surface area contributed by atoms with Gasteiger partial charge < -0.3 is 23.9 Å². The summed E-state index contributed by atoms with van der Waals surface area (Å²) in [7, 11) is -0.998. The average Bonchev–Trinajstić information content (AvgIpc) is 1.68. The molecular weight excluding hydrogens is 204 g/mol. The first-order chi connectivity index (χ1) is 3.12. The van der Waals surface area contributed by atoms with E-state index < -0.39 is 8.07 Å². The van der Waals surface area contributed by atoms with Crippen molar-refractivity contribution < 1.29 is 17.0 Å². The fourth-order valence-corrected chi connectivity index (χ4v) is 0.306. The minimum atomic E-state index is -0.998. The van der Waals surface area contributed by atoms with Crippen molar-refractivity contribution in [2.75, 3.05) is 0 Å². The topological polar surface area (TPSA) is 0 Å². The Labute approximate surface area is 86.0 Å². The molecule has 0 saturated carbocycles. The maximum absolute atomic E-state index is 3.82. The predicted octanol–water partition coefficient (Wildman–Crippen LogP) is -1.12. The number of halogens is 1. The van der Waals surface area contributed by atoms with E-state index in [9.17, 15) is 0 Å². The molecule has 0 N–H and O–H groups in total. The molecule has 0 heterocycles. The van der Waals surface area contributed by atoms with Crippen LogP contribution in [-0.2, 0) is 0 Å². The molecule has 0 aliphatic heterocycles. The van der Waals surface area contributed by atoms with Crippen molar-refractivity contribution in [1.29, 1.82) is 0 Å². The van der Waals surface area contributed by atoms with Gasteiger partial charge in [-0.05, 0) is 0 Å². The van der Waals surface area contributed by atoms with E-state index in [1.807, 2.05) is 0 Å². The van der Waals surface area contributed by atoms with E-state index >= 15 is 0 Å². The van der Waals surface area contributed by atoms with Gasteiger partial charge in [-0.3, -0.25) is 0 Å². The van der Waals surface area contributed by atoms with Crippen LogP contribution in [0.15, 0.2) is 12.3 Å². The fraction of sp³-hybridized carbons (Fsp3) is 0.500. The summed E-state index contributed by atoms with van der Waals surface area (Å²) in [4.78, 5) is 0. The molecule has 0 fully saturated rings. The Morgan fingerprint density at radius 3 is 1.89 bits per heavy atom. The maximum Gasteiger partial charge on any atom is 2.00 e. The average molecular weight is 217 g/mol. The van der Waals surface area contributed by atoms with Gasteiger partial charge in [0.25, 0.3) is 0 Å². The predicted molar refractivity (Wildman–Crippen MR) is 43.6 cm³/mol. The first-order valence-corrected chi connectivity index (χ1v) is 5.83. The summed E-state index contributed by atoms with van der Waals surface area (Å²) in [6.45, 7) is 12.1. The molecule has 0 aromatic carbocycles. The Balaban J connectivity index is -0.000000180. The first kappa shape index (κ1) is 16.7. The van der Waals surface area contributed by atoms with Crippen molar-refractivity contribution in [3.63, 3.8) is 0 Å². The molecule has 0 radical (unpaired) electrons. The van der Waals surface area contributed by atoms with Crippen LogP contribution in [0.1, 0.15) is 0 Å². The third-order valence-electron chi connectivity index (χ3n) is 1.20. The molecule has 0 aromatic heterocycles. The van der Waals surface area contributed by atoms with Crippen molar-refractivity contribution in [2.24, 2.45) is 0 Å². The van der Waals surface area contributed by atoms with Crippen molar-refractivity contribution >= 4 is 31.1 Å². The molecule has 0 rings (SSSR count). The number of hydrogen-bond donors (Lipinski definition) is 0. The van der Waals surface area contributed by atoms with Crippen LogP contribution in [-0.4, -0.2) is 31.1 Å². The van der Waals surface area contributed by atoms with Gasteiger partial charge in [0.1, 0.15) is 0 Å². The largest absolute Gasteiger partial charge is 2.00 e. The molecule has 0 aliphatic carbocycles. The van der Waals surface area contributed by atoms with Crippen molar-refractivity contribution in [3.8, 4) is 0 Å². The van der Waals surface area contributed by atoms with Crippen LogP contribution in [0, 0.1) is 6.92 Å². The molecule has 0 bridgehead atoms. The zero-order valence-corrected chi connectivity index (χ0v) is 10.3. The fourth-order valence-electron chi connectivity index (χ4n) is 0.102. The molecule has 0 saturated heterocycles. The van der Waals surface area contributed by atoms with Gasteiger partial charge in [-0.15, -0.1) is 12.3 Å². The molecule has 0 nitrogen and oxygen atoms in total. The van der Waals surface area contributed by atoms with Gasteiger partial charge in [-0.1, -0.05) is 13.1 Å². The van der Waals surface area contributed by atoms with Gasteiger partial charge >= 0.3 is 23.1 Å². The van der Waals surface area contributed by atoms with E-state index in [4.69, 9.17) is 0 Å². The van der Waals surface area contributed by atoms with Crippen LogP contribution in [0.3, 0.4) is 0 Å². The Hall–Kier alpha value is 1.20. The van der Waals surface area contributed by atoms with Crippen LogP contribution in [0.4, 0.5) is 0 Å². The van der Waals surface area contributed by atoms with Crippen LogP contribution < -0.4 is 17.0 Å². The van der Waals surface area contributed by atoms with E-state index in [0.29, 0.717) is 0 Å². The summed E-state index contributed by atoms with van der Waals surface area (Å²) in [5.74, 6) is 0. The molecule has 9 heavy (non-hydrogen) atoms. The number of rotatable bonds is 2. The van der Waals surface area contributed by atoms with E-state index in [1.165, 1.54) is 0 Å². The maximum atomic E-state index is 3.82. The summed E-state index contributed by atoms with van der Waals surface area (Å²) in [6.07, 6.45) is 0. The smallest absolute Gasteiger partial charge is 1.00 e. The van der Waals surface area contributed by atoms with Crippen molar-refractivity contribution in [2.45, 2.75) is 19.1 Å². The van der Waals surface area contributed by atoms with Gasteiger partial charge in [-0.2, -0.15) is 6.04 Å². The second-order valence-corrected chi connectivity index (χ2v) is 7.33. The normalized spacial score (nSPS) is 8.78. The van der Waals surface area contributed by atoms with Crippen molar-refractivity contribution in [3.05, 3.63) is 19.2 Å². The zero-order chi connectivity index (χ0) is 5.91. The van der Waals surface area contributed by atoms with Crippen LogP contribution in [0.2, 0.25) is 19.1 Å². The molecule has 0 unspecified atom stereocenters. The molecule has 0 amide bonds. The summed E-state index contributed by atoms with van der Waals surface area (Å²) in [6, 6.07) is 1.07. The summed E-state index contributed by atoms with van der Waals surface area (Å²) < 4.78 is 0. The van der Waals surface area contributed by atoms with E-state index in [2.05, 4.69) is 32.3 Å². The molecule has 0 aliphatic rings. The van der Waals surface area contributed by atoms with Crippen molar-refractivity contribution in [1.82, 2.24) is 0 Å². The molecular formula is C6H13BrMgSi. The minimum Gasteiger partial charge on any atom is -1.00 e. The second-order valence-electron chi connectivity index (χ2n) is 2.44. The Morgan fingerprint density at radius 2 is 1.89 bits per heavy atom. The van der Waals surface area contributed by atoms with E-state index in [1.54, 1.807) is 0 Å². The summed E-state index contributed by atoms with van der Waals surface area (Å²) in [5.41, 5.74) is 2.07. The van der Waals surface area contributed by atoms with Crippen LogP contribution in [0.25, 0.3) is 0 Å². The summed E-state index contributed by atoms with van der Waals surface area (Å²) in [5, 5.41) is 0. The quantitative estimate of drug-likeness (QED) is 0.406. The SMILES string of the molecule is C=C[Si](C)(C)C[CH2-].[Br-].[Mg+2]. The first-order valence-electron chi connectivity index (χ1n) is 2.55. The van der Waals surface area contributed by atoms with E-state index in [0.717, 1.165) is 6.04 Å². The Kier molecular flexibility index (Phi) is 13.5. The van der Waals surface area contributed by atoms with Crippen LogP contribution in [0.5, 0.6) is 0 Å². The second kappa shape index (κ2) is 7.31. The zero-order valence-electron chi connectivity index (χ0n) is 6.28. The van der Waals surface area contributed by atoms with Gasteiger partial charge in [-0.25, -0.2) is 0 Å². The Morgan fingerprint density at radius 1 is 1.56 bits per heavy atom. The van der Waals surface area contributed by atoms with Crippen LogP contribution >= 0.6 is 0 Å². The number of hydrogen-bond acceptors (Lipinski definition) is 0. The van der Waals surface area contributed by atoms with E-state index in [-0.39, 0.29) is 40.0 Å². The molecule has 50 valence electrons. The molecule has 3 heteroatoms. The monoisotopic (exact) mass is 216 g/mol. The third-order valence-corrected chi connectivity index (χ3v) is 3.59.